The lowest BCUT2D eigenvalue weighted by Crippen LogP contribution is -2.44. The Balaban J connectivity index is 1.98. The van der Waals surface area contributed by atoms with Crippen molar-refractivity contribution in [3.63, 3.8) is 0 Å². The maximum atomic E-state index is 12.4. The van der Waals surface area contributed by atoms with Crippen LogP contribution in [0.5, 0.6) is 0 Å². The van der Waals surface area contributed by atoms with Crippen molar-refractivity contribution >= 4 is 26.0 Å². The highest BCUT2D eigenvalue weighted by Gasteiger charge is 2.28. The van der Waals surface area contributed by atoms with Crippen molar-refractivity contribution in [1.29, 1.82) is 0 Å². The topological polar surface area (TPSA) is 46.2 Å². The largest absolute Gasteiger partial charge is 0.212 e. The van der Waals surface area contributed by atoms with Crippen molar-refractivity contribution < 1.29 is 8.42 Å². The molecule has 1 aromatic carbocycles. The van der Waals surface area contributed by atoms with Gasteiger partial charge in [0.15, 0.2) is 0 Å². The molecule has 1 aliphatic rings. The van der Waals surface area contributed by atoms with E-state index in [4.69, 9.17) is 0 Å². The molecule has 1 N–H and O–H groups in total. The van der Waals surface area contributed by atoms with Crippen molar-refractivity contribution in [1.82, 2.24) is 4.72 Å². The van der Waals surface area contributed by atoms with Crippen molar-refractivity contribution in [2.75, 3.05) is 11.1 Å². The Bertz CT molecular complexity index is 532. The number of nitrogens with one attached hydrogen (secondary N) is 1. The van der Waals surface area contributed by atoms with Gasteiger partial charge in [0.05, 0.1) is 5.75 Å². The summed E-state index contributed by atoms with van der Waals surface area (Å²) in [6.45, 7) is 1.97. The van der Waals surface area contributed by atoms with Crippen LogP contribution < -0.4 is 4.72 Å². The first-order valence-electron chi connectivity index (χ1n) is 7.63. The molecule has 0 aromatic heterocycles. The summed E-state index contributed by atoms with van der Waals surface area (Å²) in [5.74, 6) is 0.581. The average Bonchev–Trinajstić information content (AvgIpc) is 2.47. The van der Waals surface area contributed by atoms with Crippen LogP contribution in [0.1, 0.15) is 44.1 Å². The van der Waals surface area contributed by atoms with E-state index >= 15 is 0 Å². The fourth-order valence-electron chi connectivity index (χ4n) is 3.03. The quantitative estimate of drug-likeness (QED) is 0.773. The van der Waals surface area contributed by atoms with E-state index in [9.17, 15) is 8.42 Å². The third-order valence-electron chi connectivity index (χ3n) is 4.28. The smallest absolute Gasteiger partial charge is 0.212 e. The van der Waals surface area contributed by atoms with E-state index in [1.54, 1.807) is 0 Å². The predicted octanol–water partition coefficient (Wildman–Crippen LogP) is 3.66. The molecule has 1 aliphatic carbocycles. The zero-order valence-corrected chi connectivity index (χ0v) is 14.9. The first-order valence-corrected chi connectivity index (χ1v) is 10.4. The molecule has 3 nitrogen and oxygen atoms in total. The second-order valence-electron chi connectivity index (χ2n) is 6.02. The van der Waals surface area contributed by atoms with Crippen molar-refractivity contribution in [3.05, 3.63) is 35.9 Å². The van der Waals surface area contributed by atoms with Gasteiger partial charge in [-0.25, -0.2) is 13.1 Å². The highest BCUT2D eigenvalue weighted by atomic mass is 79.9. The summed E-state index contributed by atoms with van der Waals surface area (Å²) in [5, 5.41) is 0.869. The molecule has 3 atom stereocenters. The number of halogens is 1. The molecule has 1 fully saturated rings. The van der Waals surface area contributed by atoms with Gasteiger partial charge >= 0.3 is 0 Å². The summed E-state index contributed by atoms with van der Waals surface area (Å²) in [7, 11) is -3.24. The molecule has 0 radical (unpaired) electrons. The van der Waals surface area contributed by atoms with Crippen LogP contribution in [0.4, 0.5) is 0 Å². The minimum absolute atomic E-state index is 0.00899. The Morgan fingerprint density at radius 2 is 1.90 bits per heavy atom. The van der Waals surface area contributed by atoms with Gasteiger partial charge in [-0.15, -0.1) is 0 Å². The van der Waals surface area contributed by atoms with Gasteiger partial charge in [-0.05, 0) is 30.2 Å². The minimum atomic E-state index is -3.24. The molecule has 0 bridgehead atoms. The van der Waals surface area contributed by atoms with E-state index in [-0.39, 0.29) is 17.7 Å². The predicted molar refractivity (Wildman–Crippen MR) is 91.3 cm³/mol. The van der Waals surface area contributed by atoms with Crippen LogP contribution in [0.25, 0.3) is 0 Å². The molecule has 118 valence electrons. The number of rotatable bonds is 6. The molecule has 0 heterocycles. The molecule has 3 unspecified atom stereocenters. The van der Waals surface area contributed by atoms with Crippen LogP contribution in [0.2, 0.25) is 0 Å². The highest BCUT2D eigenvalue weighted by Crippen LogP contribution is 2.27. The molecule has 2 rings (SSSR count). The lowest BCUT2D eigenvalue weighted by atomic mass is 9.87. The first kappa shape index (κ1) is 17.0. The van der Waals surface area contributed by atoms with Gasteiger partial charge in [0, 0.05) is 11.4 Å². The van der Waals surface area contributed by atoms with Gasteiger partial charge in [-0.3, -0.25) is 0 Å². The molecular weight excluding hydrogens is 350 g/mol. The first-order chi connectivity index (χ1) is 10.0. The van der Waals surface area contributed by atoms with Gasteiger partial charge in [0.1, 0.15) is 0 Å². The molecule has 1 aromatic rings. The normalized spacial score (nSPS) is 24.7. The Hall–Kier alpha value is -0.390. The molecular formula is C16H24BrNO2S. The van der Waals surface area contributed by atoms with Crippen molar-refractivity contribution in [2.24, 2.45) is 5.92 Å². The molecule has 0 aliphatic heterocycles. The Morgan fingerprint density at radius 1 is 1.24 bits per heavy atom. The summed E-state index contributed by atoms with van der Waals surface area (Å²) >= 11 is 3.51. The molecule has 21 heavy (non-hydrogen) atoms. The number of benzene rings is 1. The number of alkyl halides is 1. The number of hydrogen-bond donors (Lipinski definition) is 1. The number of hydrogen-bond acceptors (Lipinski definition) is 2. The standard InChI is InChI=1S/C16H24BrNO2S/c1-13(14-7-3-2-4-8-14)12-21(19,20)18-16-10-6-5-9-15(16)11-17/h2-4,7-8,13,15-16,18H,5-6,9-12H2,1H3. The van der Waals surface area contributed by atoms with Crippen LogP contribution in [0, 0.1) is 5.92 Å². The summed E-state index contributed by atoms with van der Waals surface area (Å²) in [5.41, 5.74) is 1.07. The number of sulfonamides is 1. The third kappa shape index (κ3) is 5.08. The summed E-state index contributed by atoms with van der Waals surface area (Å²) in [4.78, 5) is 0. The van der Waals surface area contributed by atoms with Crippen LogP contribution >= 0.6 is 15.9 Å². The van der Waals surface area contributed by atoms with E-state index in [1.165, 1.54) is 6.42 Å². The van der Waals surface area contributed by atoms with Gasteiger partial charge in [-0.2, -0.15) is 0 Å². The molecule has 0 amide bonds. The van der Waals surface area contributed by atoms with Gasteiger partial charge in [0.25, 0.3) is 0 Å². The van der Waals surface area contributed by atoms with E-state index in [0.29, 0.717) is 5.92 Å². The fourth-order valence-corrected chi connectivity index (χ4v) is 5.53. The Morgan fingerprint density at radius 3 is 2.57 bits per heavy atom. The lowest BCUT2D eigenvalue weighted by Gasteiger charge is -2.31. The van der Waals surface area contributed by atoms with E-state index in [2.05, 4.69) is 20.7 Å². The zero-order chi connectivity index (χ0) is 15.3. The molecule has 5 heteroatoms. The van der Waals surface area contributed by atoms with Gasteiger partial charge in [-0.1, -0.05) is 66.0 Å². The SMILES string of the molecule is CC(CS(=O)(=O)NC1CCCCC1CBr)c1ccccc1. The Labute approximate surface area is 136 Å². The van der Waals surface area contributed by atoms with Gasteiger partial charge < -0.3 is 0 Å². The van der Waals surface area contributed by atoms with Crippen molar-refractivity contribution in [2.45, 2.75) is 44.6 Å². The van der Waals surface area contributed by atoms with Crippen LogP contribution in [-0.4, -0.2) is 25.5 Å². The second-order valence-corrected chi connectivity index (χ2v) is 8.46. The van der Waals surface area contributed by atoms with E-state index in [1.807, 2.05) is 37.3 Å². The van der Waals surface area contributed by atoms with Gasteiger partial charge in [0.2, 0.25) is 10.0 Å². The minimum Gasteiger partial charge on any atom is -0.212 e. The molecule has 1 saturated carbocycles. The zero-order valence-electron chi connectivity index (χ0n) is 12.5. The summed E-state index contributed by atoms with van der Waals surface area (Å²) in [6.07, 6.45) is 4.38. The highest BCUT2D eigenvalue weighted by molar-refractivity contribution is 9.09. The summed E-state index contributed by atoms with van der Waals surface area (Å²) < 4.78 is 27.8. The van der Waals surface area contributed by atoms with Crippen LogP contribution in [-0.2, 0) is 10.0 Å². The second kappa shape index (κ2) is 7.75. The monoisotopic (exact) mass is 373 g/mol. The lowest BCUT2D eigenvalue weighted by molar-refractivity contribution is 0.316. The molecule has 0 spiro atoms. The fraction of sp³-hybridized carbons (Fsp3) is 0.625. The molecule has 0 saturated heterocycles. The third-order valence-corrected chi connectivity index (χ3v) is 6.71. The van der Waals surface area contributed by atoms with Crippen molar-refractivity contribution in [3.8, 4) is 0 Å². The summed E-state index contributed by atoms with van der Waals surface area (Å²) in [6, 6.07) is 9.92. The van der Waals surface area contributed by atoms with Crippen LogP contribution in [0.15, 0.2) is 30.3 Å². The average molecular weight is 374 g/mol. The van der Waals surface area contributed by atoms with Crippen LogP contribution in [0.3, 0.4) is 0 Å². The van der Waals surface area contributed by atoms with E-state index in [0.717, 1.165) is 30.2 Å². The maximum absolute atomic E-state index is 12.4. The maximum Gasteiger partial charge on any atom is 0.212 e. The Kier molecular flexibility index (Phi) is 6.26. The van der Waals surface area contributed by atoms with E-state index < -0.39 is 10.0 Å².